The minimum absolute atomic E-state index is 0.0321. The minimum Gasteiger partial charge on any atom is -0.363 e. The number of nitro groups is 1. The van der Waals surface area contributed by atoms with Crippen molar-refractivity contribution in [1.29, 1.82) is 0 Å². The van der Waals surface area contributed by atoms with E-state index in [-0.39, 0.29) is 16.8 Å². The number of halogens is 3. The molecule has 3 N–H and O–H groups in total. The van der Waals surface area contributed by atoms with Gasteiger partial charge < -0.3 is 15.7 Å². The number of hydrogen-bond acceptors (Lipinski definition) is 6. The molecule has 152 valence electrons. The first-order chi connectivity index (χ1) is 13.5. The highest BCUT2D eigenvalue weighted by Gasteiger charge is 2.66. The lowest BCUT2D eigenvalue weighted by molar-refractivity contribution is -0.384. The van der Waals surface area contributed by atoms with Crippen LogP contribution < -0.4 is 10.6 Å². The van der Waals surface area contributed by atoms with E-state index in [9.17, 15) is 38.0 Å². The van der Waals surface area contributed by atoms with Crippen LogP contribution in [0.15, 0.2) is 48.8 Å². The van der Waals surface area contributed by atoms with E-state index in [1.807, 2.05) is 0 Å². The fourth-order valence-electron chi connectivity index (χ4n) is 3.11. The molecule has 0 bridgehead atoms. The Morgan fingerprint density at radius 1 is 1.24 bits per heavy atom. The number of urea groups is 1. The fourth-order valence-corrected chi connectivity index (χ4v) is 3.11. The Hall–Kier alpha value is -3.54. The van der Waals surface area contributed by atoms with Crippen molar-refractivity contribution in [2.24, 2.45) is 5.92 Å². The molecule has 2 amide bonds. The number of aromatic nitrogens is 1. The standard InChI is InChI=1S/C17H13F3N4O5/c18-17(19,20)16(27)12(14(25)10-2-1-7-21-8-10)13(22-15(26)23-16)9-3-5-11(6-4-9)24(28)29/h1-8,12-13,27H,(H2,22,23,26). The fraction of sp³-hybridized carbons (Fsp3) is 0.235. The highest BCUT2D eigenvalue weighted by Crippen LogP contribution is 2.44. The van der Waals surface area contributed by atoms with Gasteiger partial charge in [0, 0.05) is 30.1 Å². The summed E-state index contributed by atoms with van der Waals surface area (Å²) in [6.07, 6.45) is -3.06. The molecular formula is C17H13F3N4O5. The average molecular weight is 410 g/mol. The summed E-state index contributed by atoms with van der Waals surface area (Å²) in [6, 6.07) is 3.81. The van der Waals surface area contributed by atoms with Crippen molar-refractivity contribution in [2.45, 2.75) is 17.9 Å². The molecule has 3 unspecified atom stereocenters. The van der Waals surface area contributed by atoms with Gasteiger partial charge >= 0.3 is 12.2 Å². The lowest BCUT2D eigenvalue weighted by Crippen LogP contribution is -2.72. The maximum absolute atomic E-state index is 13.7. The van der Waals surface area contributed by atoms with Crippen LogP contribution in [-0.4, -0.2) is 38.7 Å². The van der Waals surface area contributed by atoms with Gasteiger partial charge in [-0.2, -0.15) is 13.2 Å². The van der Waals surface area contributed by atoms with E-state index in [2.05, 4.69) is 10.3 Å². The Morgan fingerprint density at radius 3 is 2.41 bits per heavy atom. The molecule has 1 aliphatic heterocycles. The number of ketones is 1. The number of nitro benzene ring substituents is 1. The normalized spacial score (nSPS) is 24.3. The topological polar surface area (TPSA) is 134 Å². The van der Waals surface area contributed by atoms with Crippen LogP contribution in [0.1, 0.15) is 22.0 Å². The summed E-state index contributed by atoms with van der Waals surface area (Å²) in [7, 11) is 0. The average Bonchev–Trinajstić information content (AvgIpc) is 2.67. The smallest absolute Gasteiger partial charge is 0.363 e. The van der Waals surface area contributed by atoms with Gasteiger partial charge in [-0.3, -0.25) is 19.9 Å². The number of carbonyl (C=O) groups excluding carboxylic acids is 2. The van der Waals surface area contributed by atoms with Crippen LogP contribution in [0, 0.1) is 16.0 Å². The molecule has 0 spiro atoms. The van der Waals surface area contributed by atoms with E-state index in [1.54, 1.807) is 0 Å². The number of hydrogen-bond donors (Lipinski definition) is 3. The van der Waals surface area contributed by atoms with Crippen LogP contribution in [0.5, 0.6) is 0 Å². The van der Waals surface area contributed by atoms with Crippen LogP contribution >= 0.6 is 0 Å². The van der Waals surface area contributed by atoms with Crippen molar-refractivity contribution in [3.63, 3.8) is 0 Å². The Kier molecular flexibility index (Phi) is 4.96. The zero-order valence-corrected chi connectivity index (χ0v) is 14.4. The Labute approximate surface area is 160 Å². The highest BCUT2D eigenvalue weighted by atomic mass is 19.4. The second-order valence-electron chi connectivity index (χ2n) is 6.27. The summed E-state index contributed by atoms with van der Waals surface area (Å²) in [5, 5.41) is 24.8. The predicted molar refractivity (Wildman–Crippen MR) is 90.6 cm³/mol. The number of rotatable bonds is 4. The highest BCUT2D eigenvalue weighted by molar-refractivity contribution is 6.00. The monoisotopic (exact) mass is 410 g/mol. The molecule has 2 heterocycles. The van der Waals surface area contributed by atoms with Crippen molar-refractivity contribution in [2.75, 3.05) is 0 Å². The van der Waals surface area contributed by atoms with Crippen molar-refractivity contribution in [3.8, 4) is 0 Å². The third kappa shape index (κ3) is 3.61. The lowest BCUT2D eigenvalue weighted by atomic mass is 9.77. The number of pyridine rings is 1. The number of carbonyl (C=O) groups is 2. The Bertz CT molecular complexity index is 952. The van der Waals surface area contributed by atoms with Crippen molar-refractivity contribution in [3.05, 3.63) is 70.0 Å². The summed E-state index contributed by atoms with van der Waals surface area (Å²) in [5.74, 6) is -3.36. The van der Waals surface area contributed by atoms with Gasteiger partial charge in [-0.25, -0.2) is 4.79 Å². The molecule has 9 nitrogen and oxygen atoms in total. The maximum Gasteiger partial charge on any atom is 0.437 e. The largest absolute Gasteiger partial charge is 0.437 e. The molecule has 3 atom stereocenters. The summed E-state index contributed by atoms with van der Waals surface area (Å²) in [5.41, 5.74) is -4.47. The van der Waals surface area contributed by atoms with Crippen LogP contribution in [-0.2, 0) is 0 Å². The number of non-ortho nitro benzene ring substituents is 1. The van der Waals surface area contributed by atoms with E-state index >= 15 is 0 Å². The van der Waals surface area contributed by atoms with Gasteiger partial charge in [-0.1, -0.05) is 12.1 Å². The first-order valence-electron chi connectivity index (χ1n) is 8.11. The molecule has 1 saturated heterocycles. The predicted octanol–water partition coefficient (Wildman–Crippen LogP) is 2.09. The number of Topliss-reactive ketones (excluding diaryl/α,β-unsaturated/α-hetero) is 1. The number of amides is 2. The number of nitrogens with zero attached hydrogens (tertiary/aromatic N) is 2. The number of benzene rings is 1. The number of alkyl halides is 3. The van der Waals surface area contributed by atoms with Crippen LogP contribution in [0.2, 0.25) is 0 Å². The Balaban J connectivity index is 2.14. The molecule has 2 aromatic rings. The molecule has 0 radical (unpaired) electrons. The molecule has 1 aromatic carbocycles. The van der Waals surface area contributed by atoms with Gasteiger partial charge in [0.2, 0.25) is 5.72 Å². The Morgan fingerprint density at radius 2 is 1.90 bits per heavy atom. The first-order valence-corrected chi connectivity index (χ1v) is 8.11. The quantitative estimate of drug-likeness (QED) is 0.401. The van der Waals surface area contributed by atoms with Gasteiger partial charge in [0.25, 0.3) is 5.69 Å². The van der Waals surface area contributed by atoms with Gasteiger partial charge in [0.1, 0.15) is 5.92 Å². The van der Waals surface area contributed by atoms with Crippen molar-refractivity contribution in [1.82, 2.24) is 15.6 Å². The molecule has 1 fully saturated rings. The third-order valence-electron chi connectivity index (χ3n) is 4.50. The summed E-state index contributed by atoms with van der Waals surface area (Å²) >= 11 is 0. The maximum atomic E-state index is 13.7. The van der Waals surface area contributed by atoms with E-state index in [0.29, 0.717) is 0 Å². The summed E-state index contributed by atoms with van der Waals surface area (Å²) in [6.45, 7) is 0. The molecule has 12 heteroatoms. The van der Waals surface area contributed by atoms with E-state index in [0.717, 1.165) is 30.5 Å². The molecule has 1 aliphatic rings. The second kappa shape index (κ2) is 7.13. The number of nitrogens with one attached hydrogen (secondary N) is 2. The van der Waals surface area contributed by atoms with Gasteiger partial charge in [-0.05, 0) is 17.7 Å². The number of aliphatic hydroxyl groups is 1. The van der Waals surface area contributed by atoms with Gasteiger partial charge in [0.15, 0.2) is 5.78 Å². The van der Waals surface area contributed by atoms with Crippen LogP contribution in [0.4, 0.5) is 23.7 Å². The van der Waals surface area contributed by atoms with E-state index < -0.39 is 40.6 Å². The first kappa shape index (κ1) is 20.2. The molecule has 0 saturated carbocycles. The van der Waals surface area contributed by atoms with E-state index in [1.165, 1.54) is 23.6 Å². The SMILES string of the molecule is O=C1NC(c2ccc([N+](=O)[O-])cc2)C(C(=O)c2cccnc2)C(O)(C(F)(F)F)N1. The van der Waals surface area contributed by atoms with E-state index in [4.69, 9.17) is 0 Å². The molecular weight excluding hydrogens is 397 g/mol. The summed E-state index contributed by atoms with van der Waals surface area (Å²) in [4.78, 5) is 38.6. The minimum atomic E-state index is -5.40. The molecule has 3 rings (SSSR count). The molecule has 1 aromatic heterocycles. The van der Waals surface area contributed by atoms with Crippen molar-refractivity contribution < 1.29 is 32.8 Å². The lowest BCUT2D eigenvalue weighted by Gasteiger charge is -2.45. The van der Waals surface area contributed by atoms with Gasteiger partial charge in [0.05, 0.1) is 11.0 Å². The second-order valence-corrected chi connectivity index (χ2v) is 6.27. The van der Waals surface area contributed by atoms with Crippen LogP contribution in [0.25, 0.3) is 0 Å². The molecule has 0 aliphatic carbocycles. The zero-order chi connectivity index (χ0) is 21.4. The van der Waals surface area contributed by atoms with Crippen LogP contribution in [0.3, 0.4) is 0 Å². The van der Waals surface area contributed by atoms with Crippen molar-refractivity contribution >= 4 is 17.5 Å². The summed E-state index contributed by atoms with van der Waals surface area (Å²) < 4.78 is 41.2. The molecule has 29 heavy (non-hydrogen) atoms. The van der Waals surface area contributed by atoms with Gasteiger partial charge in [-0.15, -0.1) is 0 Å². The zero-order valence-electron chi connectivity index (χ0n) is 14.4. The third-order valence-corrected chi connectivity index (χ3v) is 4.50.